The van der Waals surface area contributed by atoms with Crippen LogP contribution in [0.5, 0.6) is 0 Å². The van der Waals surface area contributed by atoms with Crippen LogP contribution in [0.1, 0.15) is 23.7 Å². The largest absolute Gasteiger partial charge is 0.375 e. The maximum atomic E-state index is 10.8. The molecule has 3 rings (SSSR count). The van der Waals surface area contributed by atoms with Crippen LogP contribution < -0.4 is 0 Å². The van der Waals surface area contributed by atoms with Crippen molar-refractivity contribution < 1.29 is 9.66 Å². The summed E-state index contributed by atoms with van der Waals surface area (Å²) in [6.07, 6.45) is 1.60. The second-order valence-electron chi connectivity index (χ2n) is 4.86. The van der Waals surface area contributed by atoms with Crippen molar-refractivity contribution in [3.8, 4) is 0 Å². The standard InChI is InChI=1S/C14H14N4O3S/c1-9(21-2)14-16-11(8-22-14)7-17-13-4-3-12(18(19)20)5-10(13)6-15-17/h3-6,8-9H,7H2,1-2H3. The first-order valence-corrected chi connectivity index (χ1v) is 7.53. The van der Waals surface area contributed by atoms with Gasteiger partial charge in [0.15, 0.2) is 0 Å². The molecule has 22 heavy (non-hydrogen) atoms. The van der Waals surface area contributed by atoms with Crippen LogP contribution >= 0.6 is 11.3 Å². The zero-order valence-electron chi connectivity index (χ0n) is 12.1. The third-order valence-electron chi connectivity index (χ3n) is 3.42. The van der Waals surface area contributed by atoms with Crippen LogP contribution in [-0.4, -0.2) is 26.8 Å². The van der Waals surface area contributed by atoms with Gasteiger partial charge in [0.25, 0.3) is 5.69 Å². The lowest BCUT2D eigenvalue weighted by molar-refractivity contribution is -0.384. The van der Waals surface area contributed by atoms with Crippen molar-refractivity contribution in [1.82, 2.24) is 14.8 Å². The fourth-order valence-corrected chi connectivity index (χ4v) is 2.99. The molecule has 0 aliphatic rings. The van der Waals surface area contributed by atoms with Crippen LogP contribution in [0.2, 0.25) is 0 Å². The number of ether oxygens (including phenoxy) is 1. The summed E-state index contributed by atoms with van der Waals surface area (Å²) in [6.45, 7) is 2.47. The summed E-state index contributed by atoms with van der Waals surface area (Å²) in [6, 6.07) is 4.73. The number of rotatable bonds is 5. The van der Waals surface area contributed by atoms with Gasteiger partial charge in [-0.3, -0.25) is 14.8 Å². The maximum absolute atomic E-state index is 10.8. The van der Waals surface area contributed by atoms with E-state index in [4.69, 9.17) is 4.74 Å². The van der Waals surface area contributed by atoms with E-state index in [2.05, 4.69) is 10.1 Å². The van der Waals surface area contributed by atoms with E-state index in [1.54, 1.807) is 35.4 Å². The SMILES string of the molecule is COC(C)c1nc(Cn2ncc3cc([N+](=O)[O-])ccc32)cs1. The Morgan fingerprint density at radius 3 is 3.05 bits per heavy atom. The quantitative estimate of drug-likeness (QED) is 0.533. The van der Waals surface area contributed by atoms with E-state index < -0.39 is 4.92 Å². The summed E-state index contributed by atoms with van der Waals surface area (Å²) in [5, 5.41) is 18.7. The molecule has 0 radical (unpaired) electrons. The fourth-order valence-electron chi connectivity index (χ4n) is 2.15. The Labute approximate surface area is 130 Å². The summed E-state index contributed by atoms with van der Waals surface area (Å²) in [5.41, 5.74) is 1.81. The fraction of sp³-hybridized carbons (Fsp3) is 0.286. The molecular formula is C14H14N4O3S. The number of benzene rings is 1. The number of fused-ring (bicyclic) bond motifs is 1. The molecule has 0 aliphatic carbocycles. The van der Waals surface area contributed by atoms with Crippen LogP contribution in [0.4, 0.5) is 5.69 Å². The third-order valence-corrected chi connectivity index (χ3v) is 4.47. The highest BCUT2D eigenvalue weighted by atomic mass is 32.1. The van der Waals surface area contributed by atoms with Gasteiger partial charge in [-0.25, -0.2) is 4.98 Å². The lowest BCUT2D eigenvalue weighted by Crippen LogP contribution is -2.03. The molecule has 1 aromatic carbocycles. The zero-order valence-corrected chi connectivity index (χ0v) is 12.9. The van der Waals surface area contributed by atoms with Crippen LogP contribution in [0, 0.1) is 10.1 Å². The molecule has 0 saturated heterocycles. The number of methoxy groups -OCH3 is 1. The van der Waals surface area contributed by atoms with E-state index in [0.717, 1.165) is 21.6 Å². The summed E-state index contributed by atoms with van der Waals surface area (Å²) in [4.78, 5) is 14.9. The second-order valence-corrected chi connectivity index (χ2v) is 5.75. The van der Waals surface area contributed by atoms with E-state index in [9.17, 15) is 10.1 Å². The number of thiazole rings is 1. The Balaban J connectivity index is 1.88. The van der Waals surface area contributed by atoms with Gasteiger partial charge in [-0.1, -0.05) is 0 Å². The second kappa shape index (κ2) is 5.82. The van der Waals surface area contributed by atoms with Crippen LogP contribution in [0.3, 0.4) is 0 Å². The van der Waals surface area contributed by atoms with Crippen molar-refractivity contribution in [1.29, 1.82) is 0 Å². The van der Waals surface area contributed by atoms with Gasteiger partial charge in [0.2, 0.25) is 0 Å². The smallest absolute Gasteiger partial charge is 0.270 e. The third kappa shape index (κ3) is 2.70. The monoisotopic (exact) mass is 318 g/mol. The molecule has 2 heterocycles. The minimum atomic E-state index is -0.407. The minimum Gasteiger partial charge on any atom is -0.375 e. The van der Waals surface area contributed by atoms with E-state index in [1.807, 2.05) is 12.3 Å². The van der Waals surface area contributed by atoms with Gasteiger partial charge in [0, 0.05) is 30.0 Å². The number of nitro benzene ring substituents is 1. The Morgan fingerprint density at radius 1 is 1.50 bits per heavy atom. The maximum Gasteiger partial charge on any atom is 0.270 e. The average molecular weight is 318 g/mol. The summed E-state index contributed by atoms with van der Waals surface area (Å²) in [7, 11) is 1.65. The summed E-state index contributed by atoms with van der Waals surface area (Å²) >= 11 is 1.55. The molecular weight excluding hydrogens is 304 g/mol. The van der Waals surface area contributed by atoms with Crippen molar-refractivity contribution in [2.45, 2.75) is 19.6 Å². The van der Waals surface area contributed by atoms with Gasteiger partial charge in [0.1, 0.15) is 11.1 Å². The molecule has 0 fully saturated rings. The molecule has 0 saturated carbocycles. The number of non-ortho nitro benzene ring substituents is 1. The lowest BCUT2D eigenvalue weighted by atomic mass is 10.2. The first-order valence-electron chi connectivity index (χ1n) is 6.65. The molecule has 0 bridgehead atoms. The van der Waals surface area contributed by atoms with E-state index >= 15 is 0 Å². The molecule has 1 unspecified atom stereocenters. The van der Waals surface area contributed by atoms with E-state index in [1.165, 1.54) is 12.1 Å². The number of hydrogen-bond acceptors (Lipinski definition) is 6. The Morgan fingerprint density at radius 2 is 2.32 bits per heavy atom. The first kappa shape index (κ1) is 14.6. The predicted molar refractivity (Wildman–Crippen MR) is 83.0 cm³/mol. The minimum absolute atomic E-state index is 0.0317. The molecule has 0 N–H and O–H groups in total. The highest BCUT2D eigenvalue weighted by molar-refractivity contribution is 7.09. The van der Waals surface area contributed by atoms with E-state index in [-0.39, 0.29) is 11.8 Å². The molecule has 114 valence electrons. The summed E-state index contributed by atoms with van der Waals surface area (Å²) < 4.78 is 7.04. The Kier molecular flexibility index (Phi) is 3.86. The number of nitro groups is 1. The van der Waals surface area contributed by atoms with Crippen LogP contribution in [-0.2, 0) is 11.3 Å². The topological polar surface area (TPSA) is 83.1 Å². The van der Waals surface area contributed by atoms with Crippen molar-refractivity contribution in [3.05, 3.63) is 50.6 Å². The Bertz CT molecular complexity index is 826. The average Bonchev–Trinajstić information content (AvgIpc) is 3.14. The number of hydrogen-bond donors (Lipinski definition) is 0. The molecule has 7 nitrogen and oxygen atoms in total. The van der Waals surface area contributed by atoms with Gasteiger partial charge >= 0.3 is 0 Å². The van der Waals surface area contributed by atoms with Gasteiger partial charge in [-0.2, -0.15) is 5.10 Å². The molecule has 0 spiro atoms. The number of nitrogens with zero attached hydrogens (tertiary/aromatic N) is 4. The van der Waals surface area contributed by atoms with Gasteiger partial charge in [-0.05, 0) is 13.0 Å². The normalized spacial score (nSPS) is 12.6. The van der Waals surface area contributed by atoms with Gasteiger partial charge in [0.05, 0.1) is 28.9 Å². The highest BCUT2D eigenvalue weighted by Gasteiger charge is 2.13. The first-order chi connectivity index (χ1) is 10.6. The molecule has 0 aliphatic heterocycles. The Hall–Kier alpha value is -2.32. The molecule has 3 aromatic rings. The highest BCUT2D eigenvalue weighted by Crippen LogP contribution is 2.23. The lowest BCUT2D eigenvalue weighted by Gasteiger charge is -2.04. The molecule has 1 atom stereocenters. The van der Waals surface area contributed by atoms with Crippen molar-refractivity contribution in [2.75, 3.05) is 7.11 Å². The van der Waals surface area contributed by atoms with Gasteiger partial charge in [-0.15, -0.1) is 11.3 Å². The molecule has 0 amide bonds. The van der Waals surface area contributed by atoms with Crippen LogP contribution in [0.15, 0.2) is 29.8 Å². The van der Waals surface area contributed by atoms with Crippen molar-refractivity contribution >= 4 is 27.9 Å². The van der Waals surface area contributed by atoms with Crippen LogP contribution in [0.25, 0.3) is 10.9 Å². The zero-order chi connectivity index (χ0) is 15.7. The van der Waals surface area contributed by atoms with Crippen molar-refractivity contribution in [3.63, 3.8) is 0 Å². The molecule has 2 aromatic heterocycles. The van der Waals surface area contributed by atoms with Crippen molar-refractivity contribution in [2.24, 2.45) is 0 Å². The van der Waals surface area contributed by atoms with Gasteiger partial charge < -0.3 is 4.74 Å². The number of aromatic nitrogens is 3. The predicted octanol–water partition coefficient (Wildman–Crippen LogP) is 3.16. The summed E-state index contributed by atoms with van der Waals surface area (Å²) in [5.74, 6) is 0. The molecule has 8 heteroatoms. The van der Waals surface area contributed by atoms with E-state index in [0.29, 0.717) is 6.54 Å².